The van der Waals surface area contributed by atoms with E-state index in [1.165, 1.54) is 23.5 Å². The number of rotatable bonds is 5. The van der Waals surface area contributed by atoms with Gasteiger partial charge >= 0.3 is 0 Å². The van der Waals surface area contributed by atoms with Crippen molar-refractivity contribution in [1.29, 1.82) is 0 Å². The van der Waals surface area contributed by atoms with E-state index in [-0.39, 0.29) is 29.4 Å². The highest BCUT2D eigenvalue weighted by Gasteiger charge is 2.14. The first-order chi connectivity index (χ1) is 11.1. The highest BCUT2D eigenvalue weighted by molar-refractivity contribution is 7.09. The number of carbonyl (C=O) groups excluding carboxylic acids is 1. The second-order valence-electron chi connectivity index (χ2n) is 4.74. The summed E-state index contributed by atoms with van der Waals surface area (Å²) in [7, 11) is 0. The fourth-order valence-electron chi connectivity index (χ4n) is 2.07. The first-order valence-corrected chi connectivity index (χ1v) is 7.69. The fraction of sp³-hybridized carbons (Fsp3) is 0.133. The minimum atomic E-state index is -0.699. The normalized spacial score (nSPS) is 10.7. The molecule has 8 heteroatoms. The second kappa shape index (κ2) is 6.66. The van der Waals surface area contributed by atoms with Crippen LogP contribution in [0, 0.1) is 11.6 Å². The lowest BCUT2D eigenvalue weighted by atomic mass is 10.1. The number of hydrogen-bond donors (Lipinski definition) is 2. The van der Waals surface area contributed by atoms with Crippen LogP contribution in [0.15, 0.2) is 35.8 Å². The Bertz CT molecular complexity index is 797. The maximum absolute atomic E-state index is 13.7. The predicted octanol–water partition coefficient (Wildman–Crippen LogP) is 3.38. The number of anilines is 1. The Kier molecular flexibility index (Phi) is 4.42. The number of thiazole rings is 1. The van der Waals surface area contributed by atoms with Gasteiger partial charge in [-0.25, -0.2) is 13.8 Å². The van der Waals surface area contributed by atoms with Crippen molar-refractivity contribution in [1.82, 2.24) is 15.2 Å². The number of aryl methyl sites for hydroxylation is 1. The van der Waals surface area contributed by atoms with E-state index in [0.717, 1.165) is 17.1 Å². The summed E-state index contributed by atoms with van der Waals surface area (Å²) >= 11 is 1.48. The molecule has 0 aliphatic heterocycles. The summed E-state index contributed by atoms with van der Waals surface area (Å²) in [4.78, 5) is 15.9. The topological polar surface area (TPSA) is 70.7 Å². The molecule has 0 saturated carbocycles. The Morgan fingerprint density at radius 1 is 1.30 bits per heavy atom. The van der Waals surface area contributed by atoms with Crippen LogP contribution in [0.3, 0.4) is 0 Å². The number of nitrogens with one attached hydrogen (secondary N) is 2. The molecule has 2 heterocycles. The third-order valence-corrected chi connectivity index (χ3v) is 3.97. The third-order valence-electron chi connectivity index (χ3n) is 3.13. The number of nitrogens with zero attached hydrogens (tertiary/aromatic N) is 2. The van der Waals surface area contributed by atoms with Crippen molar-refractivity contribution < 1.29 is 13.6 Å². The van der Waals surface area contributed by atoms with Crippen LogP contribution < -0.4 is 5.32 Å². The van der Waals surface area contributed by atoms with Crippen LogP contribution >= 0.6 is 11.3 Å². The molecule has 3 aromatic rings. The van der Waals surface area contributed by atoms with E-state index >= 15 is 0 Å². The molecule has 1 aromatic carbocycles. The number of amides is 1. The van der Waals surface area contributed by atoms with E-state index in [4.69, 9.17) is 0 Å². The number of aromatic amines is 1. The van der Waals surface area contributed by atoms with Crippen molar-refractivity contribution in [3.63, 3.8) is 0 Å². The summed E-state index contributed by atoms with van der Waals surface area (Å²) in [6.07, 6.45) is 2.47. The average Bonchev–Trinajstić information content (AvgIpc) is 3.17. The van der Waals surface area contributed by atoms with Crippen molar-refractivity contribution in [2.24, 2.45) is 0 Å². The molecule has 0 aliphatic rings. The minimum Gasteiger partial charge on any atom is -0.309 e. The molecule has 0 aliphatic carbocycles. The molecule has 0 atom stereocenters. The van der Waals surface area contributed by atoms with Crippen LogP contribution in [-0.2, 0) is 11.2 Å². The number of carbonyl (C=O) groups is 1. The largest absolute Gasteiger partial charge is 0.309 e. The van der Waals surface area contributed by atoms with Crippen molar-refractivity contribution in [3.8, 4) is 11.3 Å². The first-order valence-electron chi connectivity index (χ1n) is 6.81. The molecule has 3 rings (SSSR count). The van der Waals surface area contributed by atoms with E-state index in [2.05, 4.69) is 20.5 Å². The molecule has 0 radical (unpaired) electrons. The zero-order valence-corrected chi connectivity index (χ0v) is 12.7. The number of aromatic nitrogens is 3. The maximum Gasteiger partial charge on any atom is 0.225 e. The van der Waals surface area contributed by atoms with Crippen LogP contribution in [0.5, 0.6) is 0 Å². The number of benzene rings is 1. The van der Waals surface area contributed by atoms with Crippen molar-refractivity contribution in [2.75, 3.05) is 5.32 Å². The summed E-state index contributed by atoms with van der Waals surface area (Å²) < 4.78 is 27.4. The Balaban J connectivity index is 1.66. The van der Waals surface area contributed by atoms with Gasteiger partial charge in [-0.1, -0.05) is 6.07 Å². The lowest BCUT2D eigenvalue weighted by Gasteiger charge is -2.01. The second-order valence-corrected chi connectivity index (χ2v) is 5.72. The van der Waals surface area contributed by atoms with Crippen LogP contribution in [0.1, 0.15) is 11.4 Å². The lowest BCUT2D eigenvalue weighted by Crippen LogP contribution is -2.12. The molecule has 0 unspecified atom stereocenters. The van der Waals surface area contributed by atoms with Gasteiger partial charge in [-0.3, -0.25) is 9.89 Å². The zero-order valence-electron chi connectivity index (χ0n) is 11.8. The van der Waals surface area contributed by atoms with Crippen LogP contribution in [0.2, 0.25) is 0 Å². The summed E-state index contributed by atoms with van der Waals surface area (Å²) in [6.45, 7) is 0. The van der Waals surface area contributed by atoms with Crippen molar-refractivity contribution in [3.05, 3.63) is 52.5 Å². The van der Waals surface area contributed by atoms with E-state index in [1.807, 2.05) is 5.38 Å². The van der Waals surface area contributed by atoms with Crippen LogP contribution in [0.4, 0.5) is 14.6 Å². The van der Waals surface area contributed by atoms with E-state index in [9.17, 15) is 13.6 Å². The molecule has 118 valence electrons. The van der Waals surface area contributed by atoms with Gasteiger partial charge < -0.3 is 5.32 Å². The van der Waals surface area contributed by atoms with Crippen LogP contribution in [-0.4, -0.2) is 21.1 Å². The van der Waals surface area contributed by atoms with Crippen molar-refractivity contribution >= 4 is 23.1 Å². The van der Waals surface area contributed by atoms with Gasteiger partial charge in [0.1, 0.15) is 11.6 Å². The van der Waals surface area contributed by atoms with Gasteiger partial charge in [0, 0.05) is 30.5 Å². The molecule has 0 fully saturated rings. The van der Waals surface area contributed by atoms with E-state index in [0.29, 0.717) is 6.42 Å². The van der Waals surface area contributed by atoms with Gasteiger partial charge in [-0.2, -0.15) is 5.10 Å². The average molecular weight is 334 g/mol. The van der Waals surface area contributed by atoms with Gasteiger partial charge in [-0.05, 0) is 12.1 Å². The summed E-state index contributed by atoms with van der Waals surface area (Å²) in [6, 6.07) is 4.99. The highest BCUT2D eigenvalue weighted by Crippen LogP contribution is 2.25. The van der Waals surface area contributed by atoms with Crippen LogP contribution in [0.25, 0.3) is 11.3 Å². The summed E-state index contributed by atoms with van der Waals surface area (Å²) in [5.41, 5.74) is -0.0425. The summed E-state index contributed by atoms with van der Waals surface area (Å²) in [5, 5.41) is 11.7. The van der Waals surface area contributed by atoms with Gasteiger partial charge in [-0.15, -0.1) is 11.3 Å². The quantitative estimate of drug-likeness (QED) is 0.751. The zero-order chi connectivity index (χ0) is 16.2. The third kappa shape index (κ3) is 3.59. The van der Waals surface area contributed by atoms with Gasteiger partial charge in [0.2, 0.25) is 5.91 Å². The Morgan fingerprint density at radius 3 is 2.78 bits per heavy atom. The monoisotopic (exact) mass is 334 g/mol. The van der Waals surface area contributed by atoms with Gasteiger partial charge in [0.05, 0.1) is 16.3 Å². The predicted molar refractivity (Wildman–Crippen MR) is 83.0 cm³/mol. The molecule has 0 saturated heterocycles. The number of hydrogen-bond acceptors (Lipinski definition) is 4. The molecule has 1 amide bonds. The van der Waals surface area contributed by atoms with Crippen molar-refractivity contribution in [2.45, 2.75) is 12.8 Å². The number of halogens is 2. The Morgan fingerprint density at radius 2 is 2.09 bits per heavy atom. The molecule has 0 bridgehead atoms. The molecular weight excluding hydrogens is 322 g/mol. The highest BCUT2D eigenvalue weighted by atomic mass is 32.1. The SMILES string of the molecule is O=C(CCc1nccs1)Nc1cc(-c2c(F)cccc2F)[nH]n1. The Labute approximate surface area is 134 Å². The first kappa shape index (κ1) is 15.3. The molecule has 23 heavy (non-hydrogen) atoms. The smallest absolute Gasteiger partial charge is 0.225 e. The fourth-order valence-corrected chi connectivity index (χ4v) is 2.69. The van der Waals surface area contributed by atoms with E-state index in [1.54, 1.807) is 6.20 Å². The standard InChI is InChI=1S/C15H12F2N4OS/c16-9-2-1-3-10(17)15(9)11-8-12(21-20-11)19-13(22)4-5-14-18-6-7-23-14/h1-3,6-8H,4-5H2,(H2,19,20,21,22). The van der Waals surface area contributed by atoms with Gasteiger partial charge in [0.15, 0.2) is 5.82 Å². The summed E-state index contributed by atoms with van der Waals surface area (Å²) in [5.74, 6) is -1.43. The lowest BCUT2D eigenvalue weighted by molar-refractivity contribution is -0.116. The molecular formula is C15H12F2N4OS. The molecule has 2 aromatic heterocycles. The number of H-pyrrole nitrogens is 1. The minimum absolute atomic E-state index is 0.163. The Hall–Kier alpha value is -2.61. The van der Waals surface area contributed by atoms with E-state index < -0.39 is 11.6 Å². The molecule has 2 N–H and O–H groups in total. The molecule has 0 spiro atoms. The maximum atomic E-state index is 13.7. The molecule has 5 nitrogen and oxygen atoms in total. The van der Waals surface area contributed by atoms with Gasteiger partial charge in [0.25, 0.3) is 0 Å².